The molecule has 0 spiro atoms. The number of esters is 2. The summed E-state index contributed by atoms with van der Waals surface area (Å²) in [4.78, 5) is 24.0. The third-order valence-electron chi connectivity index (χ3n) is 4.52. The van der Waals surface area contributed by atoms with Crippen LogP contribution >= 0.6 is 18.2 Å². The number of nitrogens with one attached hydrogen (secondary N) is 2. The number of rotatable bonds is 25. The van der Waals surface area contributed by atoms with Gasteiger partial charge in [-0.15, -0.1) is 0 Å². The molecule has 0 heterocycles. The third kappa shape index (κ3) is 20.8. The molecule has 3 atom stereocenters. The Labute approximate surface area is 224 Å². The minimum Gasteiger partial charge on any atom is -0.434 e. The van der Waals surface area contributed by atoms with E-state index in [0.717, 1.165) is 37.3 Å². The molecule has 3 unspecified atom stereocenters. The molecule has 15 heteroatoms. The molecule has 0 bridgehead atoms. The molecule has 2 N–H and O–H groups in total. The van der Waals surface area contributed by atoms with Crippen LogP contribution in [0.25, 0.3) is 0 Å². The standard InChI is InChI=1S/C22H45N2O11PS/c1-18(32-21(25)16-30-12-10-28-5)34-36(27,37-14-8-20(15-24-4)7-9-23-3)35-19(2)33-22(26)17-31-13-11-29-6/h18-20,23-24H,7-17H2,1-6H3. The zero-order valence-corrected chi connectivity index (χ0v) is 24.6. The molecule has 0 saturated carbocycles. The fourth-order valence-corrected chi connectivity index (χ4v) is 6.57. The van der Waals surface area contributed by atoms with E-state index in [1.807, 2.05) is 14.1 Å². The predicted molar refractivity (Wildman–Crippen MR) is 139 cm³/mol. The number of carbonyl (C=O) groups is 2. The van der Waals surface area contributed by atoms with E-state index in [1.54, 1.807) is 0 Å². The molecule has 0 aromatic rings. The van der Waals surface area contributed by atoms with Crippen LogP contribution in [0, 0.1) is 5.92 Å². The average Bonchev–Trinajstić information content (AvgIpc) is 2.82. The molecule has 37 heavy (non-hydrogen) atoms. The van der Waals surface area contributed by atoms with Gasteiger partial charge in [0.25, 0.3) is 0 Å². The van der Waals surface area contributed by atoms with Crippen molar-refractivity contribution in [2.45, 2.75) is 39.3 Å². The Kier molecular flexibility index (Phi) is 22.6. The van der Waals surface area contributed by atoms with Crippen LogP contribution in [0.15, 0.2) is 0 Å². The van der Waals surface area contributed by atoms with Crippen LogP contribution in [-0.2, 0) is 51.6 Å². The quantitative estimate of drug-likeness (QED) is 0.0704. The maximum Gasteiger partial charge on any atom is 0.395 e. The lowest BCUT2D eigenvalue weighted by Gasteiger charge is -2.25. The van der Waals surface area contributed by atoms with E-state index in [4.69, 9.17) is 37.5 Å². The maximum atomic E-state index is 13.6. The summed E-state index contributed by atoms with van der Waals surface area (Å²) in [6.07, 6.45) is -0.741. The van der Waals surface area contributed by atoms with Gasteiger partial charge in [0.15, 0.2) is 0 Å². The molecule has 0 aliphatic carbocycles. The highest BCUT2D eigenvalue weighted by Gasteiger charge is 2.33. The Morgan fingerprint density at radius 2 is 1.32 bits per heavy atom. The van der Waals surface area contributed by atoms with Crippen LogP contribution in [0.4, 0.5) is 0 Å². The van der Waals surface area contributed by atoms with E-state index in [2.05, 4.69) is 10.6 Å². The lowest BCUT2D eigenvalue weighted by molar-refractivity contribution is -0.171. The van der Waals surface area contributed by atoms with E-state index in [1.165, 1.54) is 28.1 Å². The van der Waals surface area contributed by atoms with Gasteiger partial charge in [0.05, 0.1) is 26.4 Å². The Balaban J connectivity index is 5.03. The smallest absolute Gasteiger partial charge is 0.395 e. The fourth-order valence-electron chi connectivity index (χ4n) is 2.84. The Bertz CT molecular complexity index is 610. The zero-order chi connectivity index (χ0) is 27.9. The van der Waals surface area contributed by atoms with Crippen molar-refractivity contribution in [3.63, 3.8) is 0 Å². The van der Waals surface area contributed by atoms with Crippen molar-refractivity contribution in [2.75, 3.05) is 86.8 Å². The summed E-state index contributed by atoms with van der Waals surface area (Å²) >= 11 is 0.956. The summed E-state index contributed by atoms with van der Waals surface area (Å²) in [5, 5.41) is 6.28. The summed E-state index contributed by atoms with van der Waals surface area (Å²) in [5.41, 5.74) is 0. The average molecular weight is 577 g/mol. The first-order valence-corrected chi connectivity index (χ1v) is 15.3. The summed E-state index contributed by atoms with van der Waals surface area (Å²) < 4.78 is 54.8. The lowest BCUT2D eigenvalue weighted by atomic mass is 10.0. The van der Waals surface area contributed by atoms with E-state index >= 15 is 0 Å². The van der Waals surface area contributed by atoms with Crippen LogP contribution in [-0.4, -0.2) is 111 Å². The Hall–Kier alpha value is -0.800. The van der Waals surface area contributed by atoms with Gasteiger partial charge in [0.2, 0.25) is 12.6 Å². The molecule has 0 aliphatic heterocycles. The van der Waals surface area contributed by atoms with Crippen molar-refractivity contribution in [3.8, 4) is 0 Å². The zero-order valence-electron chi connectivity index (χ0n) is 22.9. The maximum absolute atomic E-state index is 13.6. The second kappa shape index (κ2) is 23.1. The van der Waals surface area contributed by atoms with Gasteiger partial charge < -0.3 is 39.1 Å². The summed E-state index contributed by atoms with van der Waals surface area (Å²) in [6, 6.07) is 0. The molecule has 0 aliphatic rings. The number of hydrogen-bond donors (Lipinski definition) is 2. The van der Waals surface area contributed by atoms with Crippen LogP contribution < -0.4 is 10.6 Å². The summed E-state index contributed by atoms with van der Waals surface area (Å²) in [6.45, 7) is 1.03. The van der Waals surface area contributed by atoms with E-state index in [0.29, 0.717) is 24.9 Å². The van der Waals surface area contributed by atoms with Gasteiger partial charge >= 0.3 is 18.7 Å². The lowest BCUT2D eigenvalue weighted by Crippen LogP contribution is -2.25. The van der Waals surface area contributed by atoms with E-state index in [9.17, 15) is 14.2 Å². The molecule has 0 aromatic carbocycles. The Morgan fingerprint density at radius 1 is 0.811 bits per heavy atom. The normalized spacial score (nSPS) is 15.5. The third-order valence-corrected chi connectivity index (χ3v) is 8.38. The molecular weight excluding hydrogens is 531 g/mol. The van der Waals surface area contributed by atoms with Crippen molar-refractivity contribution in [3.05, 3.63) is 0 Å². The van der Waals surface area contributed by atoms with Crippen molar-refractivity contribution < 1.29 is 51.6 Å². The SMILES string of the molecule is CNCCC(CCSP(=O)(OC(C)OC(=O)COCCOC)OC(C)OC(=O)COCCOC)CNC. The summed E-state index contributed by atoms with van der Waals surface area (Å²) in [7, 11) is 6.79. The topological polar surface area (TPSA) is 149 Å². The first-order valence-electron chi connectivity index (χ1n) is 12.1. The van der Waals surface area contributed by atoms with Gasteiger partial charge in [-0.1, -0.05) is 0 Å². The largest absolute Gasteiger partial charge is 0.434 e. The second-order valence-electron chi connectivity index (χ2n) is 7.80. The molecule has 0 rings (SSSR count). The summed E-state index contributed by atoms with van der Waals surface area (Å²) in [5.74, 6) is -0.630. The molecule has 13 nitrogen and oxygen atoms in total. The van der Waals surface area contributed by atoms with E-state index < -0.39 is 31.3 Å². The van der Waals surface area contributed by atoms with Crippen LogP contribution in [0.1, 0.15) is 26.7 Å². The van der Waals surface area contributed by atoms with Crippen molar-refractivity contribution in [2.24, 2.45) is 5.92 Å². The van der Waals surface area contributed by atoms with Crippen LogP contribution in [0.2, 0.25) is 0 Å². The molecule has 0 amide bonds. The van der Waals surface area contributed by atoms with Gasteiger partial charge in [0, 0.05) is 20.0 Å². The first-order chi connectivity index (χ1) is 17.7. The van der Waals surface area contributed by atoms with Crippen molar-refractivity contribution in [1.29, 1.82) is 0 Å². The molecule has 0 saturated heterocycles. The minimum atomic E-state index is -3.91. The number of carbonyl (C=O) groups excluding carboxylic acids is 2. The van der Waals surface area contributed by atoms with Crippen LogP contribution in [0.5, 0.6) is 0 Å². The molecular formula is C22H45N2O11PS. The molecule has 220 valence electrons. The van der Waals surface area contributed by atoms with Crippen molar-refractivity contribution >= 4 is 30.1 Å². The molecule has 0 aromatic heterocycles. The van der Waals surface area contributed by atoms with Gasteiger partial charge in [-0.25, -0.2) is 14.2 Å². The number of hydrogen-bond acceptors (Lipinski definition) is 14. The monoisotopic (exact) mass is 576 g/mol. The minimum absolute atomic E-state index is 0.220. The van der Waals surface area contributed by atoms with Gasteiger partial charge in [-0.2, -0.15) is 0 Å². The van der Waals surface area contributed by atoms with Crippen LogP contribution in [0.3, 0.4) is 0 Å². The Morgan fingerprint density at radius 3 is 1.76 bits per heavy atom. The fraction of sp³-hybridized carbons (Fsp3) is 0.909. The number of ether oxygens (including phenoxy) is 6. The van der Waals surface area contributed by atoms with E-state index in [-0.39, 0.29) is 26.4 Å². The van der Waals surface area contributed by atoms with Crippen molar-refractivity contribution in [1.82, 2.24) is 10.6 Å². The highest BCUT2D eigenvalue weighted by Crippen LogP contribution is 2.62. The molecule has 0 radical (unpaired) electrons. The highest BCUT2D eigenvalue weighted by molar-refractivity contribution is 8.55. The van der Waals surface area contributed by atoms with Gasteiger partial charge in [-0.3, -0.25) is 9.05 Å². The molecule has 0 fully saturated rings. The predicted octanol–water partition coefficient (Wildman–Crippen LogP) is 1.80. The number of methoxy groups -OCH3 is 2. The first kappa shape index (κ1) is 36.2. The van der Waals surface area contributed by atoms with Gasteiger partial charge in [0.1, 0.15) is 13.2 Å². The van der Waals surface area contributed by atoms with Gasteiger partial charge in [-0.05, 0) is 71.2 Å². The second-order valence-corrected chi connectivity index (χ2v) is 11.9. The highest BCUT2D eigenvalue weighted by atomic mass is 32.7.